The number of nitrogens with one attached hydrogen (secondary N) is 1. The van der Waals surface area contributed by atoms with Crippen molar-refractivity contribution < 1.29 is 9.47 Å². The summed E-state index contributed by atoms with van der Waals surface area (Å²) in [5.74, 6) is 1.77. The van der Waals surface area contributed by atoms with Crippen LogP contribution in [0.1, 0.15) is 28.3 Å². The van der Waals surface area contributed by atoms with Crippen molar-refractivity contribution in [2.24, 2.45) is 0 Å². The highest BCUT2D eigenvalue weighted by Crippen LogP contribution is 2.46. The van der Waals surface area contributed by atoms with E-state index in [-0.39, 0.29) is 12.3 Å². The minimum atomic E-state index is -0.213. The molecule has 1 N–H and O–H groups in total. The number of fused-ring (bicyclic) bond motifs is 3. The number of hydrogen-bond acceptors (Lipinski definition) is 5. The molecule has 0 spiro atoms. The fourth-order valence-electron chi connectivity index (χ4n) is 3.50. The lowest BCUT2D eigenvalue weighted by molar-refractivity contribution is -0.0326. The van der Waals surface area contributed by atoms with E-state index in [2.05, 4.69) is 58.3 Å². The molecule has 26 heavy (non-hydrogen) atoms. The molecule has 4 nitrogen and oxygen atoms in total. The van der Waals surface area contributed by atoms with Gasteiger partial charge in [-0.3, -0.25) is 0 Å². The van der Waals surface area contributed by atoms with E-state index in [1.807, 2.05) is 24.3 Å². The van der Waals surface area contributed by atoms with Gasteiger partial charge in [0.15, 0.2) is 6.23 Å². The molecule has 2 aromatic carbocycles. The number of thiophene rings is 1. The molecular formula is C21H18N2O2S. The lowest BCUT2D eigenvalue weighted by Crippen LogP contribution is -2.42. The summed E-state index contributed by atoms with van der Waals surface area (Å²) in [5.41, 5.74) is 6.95. The largest absolute Gasteiger partial charge is 0.497 e. The van der Waals surface area contributed by atoms with Crippen LogP contribution in [0.5, 0.6) is 11.5 Å². The van der Waals surface area contributed by atoms with Crippen molar-refractivity contribution >= 4 is 17.0 Å². The average Bonchev–Trinajstić information content (AvgIpc) is 3.37. The number of ether oxygens (including phenoxy) is 2. The molecule has 0 amide bonds. The Balaban J connectivity index is 1.56. The van der Waals surface area contributed by atoms with E-state index >= 15 is 0 Å². The Bertz CT molecular complexity index is 950. The molecule has 3 aromatic rings. The highest BCUT2D eigenvalue weighted by molar-refractivity contribution is 7.11. The summed E-state index contributed by atoms with van der Waals surface area (Å²) < 4.78 is 11.7. The first kappa shape index (κ1) is 15.5. The van der Waals surface area contributed by atoms with Gasteiger partial charge in [0.25, 0.3) is 0 Å². The van der Waals surface area contributed by atoms with Gasteiger partial charge in [-0.25, -0.2) is 0 Å². The van der Waals surface area contributed by atoms with Gasteiger partial charge >= 0.3 is 0 Å². The quantitative estimate of drug-likeness (QED) is 0.729. The highest BCUT2D eigenvalue weighted by atomic mass is 32.1. The summed E-state index contributed by atoms with van der Waals surface area (Å²) in [5, 5.41) is 4.28. The molecule has 2 atom stereocenters. The number of rotatable bonds is 3. The molecule has 0 unspecified atom stereocenters. The van der Waals surface area contributed by atoms with Gasteiger partial charge in [0.2, 0.25) is 0 Å². The van der Waals surface area contributed by atoms with Crippen LogP contribution in [0.15, 0.2) is 72.1 Å². The van der Waals surface area contributed by atoms with Gasteiger partial charge in [-0.05, 0) is 35.7 Å². The Kier molecular flexibility index (Phi) is 3.69. The van der Waals surface area contributed by atoms with E-state index in [1.54, 1.807) is 18.4 Å². The van der Waals surface area contributed by atoms with Gasteiger partial charge in [-0.15, -0.1) is 11.3 Å². The van der Waals surface area contributed by atoms with Gasteiger partial charge < -0.3 is 14.9 Å². The number of hydrazine groups is 1. The number of nitrogens with zero attached hydrogens (tertiary/aromatic N) is 1. The third-order valence-electron chi connectivity index (χ3n) is 4.79. The minimum absolute atomic E-state index is 0.129. The molecule has 130 valence electrons. The molecule has 0 saturated heterocycles. The fourth-order valence-corrected chi connectivity index (χ4v) is 4.21. The number of benzene rings is 2. The summed E-state index contributed by atoms with van der Waals surface area (Å²) in [6.45, 7) is 0. The van der Waals surface area contributed by atoms with Crippen LogP contribution < -0.4 is 14.9 Å². The molecule has 5 rings (SSSR count). The first-order valence-corrected chi connectivity index (χ1v) is 9.42. The topological polar surface area (TPSA) is 33.7 Å². The third-order valence-corrected chi connectivity index (χ3v) is 5.69. The molecule has 3 heterocycles. The van der Waals surface area contributed by atoms with Crippen LogP contribution in [-0.2, 0) is 0 Å². The van der Waals surface area contributed by atoms with Crippen LogP contribution in [0.2, 0.25) is 0 Å². The lowest BCUT2D eigenvalue weighted by Gasteiger charge is -2.38. The van der Waals surface area contributed by atoms with Crippen molar-refractivity contribution in [1.29, 1.82) is 0 Å². The zero-order valence-corrected chi connectivity index (χ0v) is 15.1. The van der Waals surface area contributed by atoms with Crippen LogP contribution in [-0.4, -0.2) is 12.1 Å². The van der Waals surface area contributed by atoms with Crippen molar-refractivity contribution in [3.8, 4) is 11.5 Å². The lowest BCUT2D eigenvalue weighted by atomic mass is 10.0. The Morgan fingerprint density at radius 2 is 1.88 bits per heavy atom. The maximum atomic E-state index is 6.36. The van der Waals surface area contributed by atoms with Crippen molar-refractivity contribution in [2.75, 3.05) is 7.11 Å². The molecule has 0 saturated carbocycles. The SMILES string of the molecule is COc1ccc([C@@H]2Oc3ccccc3[C@H]3C=C(c4cccs4)NN32)cc1. The first-order valence-electron chi connectivity index (χ1n) is 8.54. The highest BCUT2D eigenvalue weighted by Gasteiger charge is 2.40. The van der Waals surface area contributed by atoms with Gasteiger partial charge in [0.05, 0.1) is 23.7 Å². The smallest absolute Gasteiger partial charge is 0.195 e. The second-order valence-corrected chi connectivity index (χ2v) is 7.25. The Hall–Kier alpha value is -2.76. The van der Waals surface area contributed by atoms with E-state index in [0.29, 0.717) is 0 Å². The van der Waals surface area contributed by atoms with E-state index in [0.717, 1.165) is 22.8 Å². The molecule has 0 fully saturated rings. The van der Waals surface area contributed by atoms with Crippen LogP contribution in [0.25, 0.3) is 5.70 Å². The summed E-state index contributed by atoms with van der Waals surface area (Å²) >= 11 is 1.73. The van der Waals surface area contributed by atoms with Crippen LogP contribution >= 0.6 is 11.3 Å². The third kappa shape index (κ3) is 2.48. The molecule has 1 aromatic heterocycles. The van der Waals surface area contributed by atoms with Gasteiger partial charge in [-0.1, -0.05) is 36.4 Å². The number of methoxy groups -OCH3 is 1. The van der Waals surface area contributed by atoms with Crippen LogP contribution in [0.4, 0.5) is 0 Å². The maximum Gasteiger partial charge on any atom is 0.195 e. The molecule has 0 radical (unpaired) electrons. The van der Waals surface area contributed by atoms with E-state index in [1.165, 1.54) is 10.4 Å². The number of hydrogen-bond donors (Lipinski definition) is 1. The second-order valence-electron chi connectivity index (χ2n) is 6.30. The second kappa shape index (κ2) is 6.20. The molecule has 0 aliphatic carbocycles. The molecule has 0 bridgehead atoms. The predicted molar refractivity (Wildman–Crippen MR) is 103 cm³/mol. The zero-order valence-electron chi connectivity index (χ0n) is 14.3. The summed E-state index contributed by atoms with van der Waals surface area (Å²) in [6, 6.07) is 20.6. The van der Waals surface area contributed by atoms with Crippen molar-refractivity contribution in [2.45, 2.75) is 12.3 Å². The summed E-state index contributed by atoms with van der Waals surface area (Å²) in [7, 11) is 1.68. The monoisotopic (exact) mass is 362 g/mol. The van der Waals surface area contributed by atoms with Crippen molar-refractivity contribution in [3.05, 3.63) is 88.1 Å². The Morgan fingerprint density at radius 1 is 1.04 bits per heavy atom. The molecule has 5 heteroatoms. The van der Waals surface area contributed by atoms with Gasteiger partial charge in [0.1, 0.15) is 11.5 Å². The van der Waals surface area contributed by atoms with E-state index < -0.39 is 0 Å². The summed E-state index contributed by atoms with van der Waals surface area (Å²) in [6.07, 6.45) is 2.07. The standard InChI is InChI=1S/C21H18N2O2S/c1-24-15-10-8-14(9-11-15)21-23-18(16-5-2-3-6-19(16)25-21)13-17(22-23)20-7-4-12-26-20/h2-13,18,21-22H,1H3/t18-,21+/m1/s1. The average molecular weight is 362 g/mol. The number of para-hydroxylation sites is 1. The maximum absolute atomic E-state index is 6.36. The van der Waals surface area contributed by atoms with E-state index in [4.69, 9.17) is 9.47 Å². The van der Waals surface area contributed by atoms with E-state index in [9.17, 15) is 0 Å². The first-order chi connectivity index (χ1) is 12.8. The van der Waals surface area contributed by atoms with Gasteiger partial charge in [0, 0.05) is 11.1 Å². The zero-order chi connectivity index (χ0) is 17.5. The molecule has 2 aliphatic heterocycles. The van der Waals surface area contributed by atoms with Gasteiger partial charge in [-0.2, -0.15) is 5.01 Å². The van der Waals surface area contributed by atoms with Crippen LogP contribution in [0.3, 0.4) is 0 Å². The van der Waals surface area contributed by atoms with Crippen molar-refractivity contribution in [3.63, 3.8) is 0 Å². The summed E-state index contributed by atoms with van der Waals surface area (Å²) in [4.78, 5) is 1.23. The normalized spacial score (nSPS) is 21.2. The Labute approximate surface area is 156 Å². The van der Waals surface area contributed by atoms with Crippen molar-refractivity contribution in [1.82, 2.24) is 10.4 Å². The Morgan fingerprint density at radius 3 is 2.65 bits per heavy atom. The molecular weight excluding hydrogens is 344 g/mol. The molecule has 2 aliphatic rings. The fraction of sp³-hybridized carbons (Fsp3) is 0.143. The minimum Gasteiger partial charge on any atom is -0.497 e. The predicted octanol–water partition coefficient (Wildman–Crippen LogP) is 4.75. The van der Waals surface area contributed by atoms with Crippen LogP contribution in [0, 0.1) is 0 Å².